The summed E-state index contributed by atoms with van der Waals surface area (Å²) in [6, 6.07) is 5.01. The molecule has 0 saturated heterocycles. The van der Waals surface area contributed by atoms with E-state index in [1.54, 1.807) is 25.3 Å². The number of hydrogen-bond donors (Lipinski definition) is 2. The molecule has 1 saturated carbocycles. The van der Waals surface area contributed by atoms with E-state index >= 15 is 0 Å². The molecule has 120 valence electrons. The van der Waals surface area contributed by atoms with Crippen LogP contribution in [0, 0.1) is 0 Å². The third kappa shape index (κ3) is 4.21. The van der Waals surface area contributed by atoms with Crippen molar-refractivity contribution in [3.8, 4) is 11.5 Å². The van der Waals surface area contributed by atoms with Crippen LogP contribution in [0.25, 0.3) is 0 Å². The smallest absolute Gasteiger partial charge is 0.243 e. The Hall–Kier alpha value is -2.08. The van der Waals surface area contributed by atoms with Gasteiger partial charge in [-0.3, -0.25) is 14.8 Å². The van der Waals surface area contributed by atoms with Crippen LogP contribution in [-0.4, -0.2) is 30.1 Å². The van der Waals surface area contributed by atoms with Gasteiger partial charge in [0, 0.05) is 18.4 Å². The van der Waals surface area contributed by atoms with Gasteiger partial charge in [0.15, 0.2) is 17.3 Å². The highest BCUT2D eigenvalue weighted by molar-refractivity contribution is 5.98. The minimum Gasteiger partial charge on any atom is -0.493 e. The quantitative estimate of drug-likeness (QED) is 0.459. The van der Waals surface area contributed by atoms with Gasteiger partial charge in [-0.25, -0.2) is 5.48 Å². The van der Waals surface area contributed by atoms with E-state index in [0.29, 0.717) is 17.1 Å². The lowest BCUT2D eigenvalue weighted by atomic mass is 10.1. The Bertz CT molecular complexity index is 537. The predicted molar refractivity (Wildman–Crippen MR) is 79.4 cm³/mol. The highest BCUT2D eigenvalue weighted by Gasteiger charge is 2.19. The second-order valence-electron chi connectivity index (χ2n) is 5.35. The van der Waals surface area contributed by atoms with Gasteiger partial charge in [0.2, 0.25) is 5.91 Å². The standard InChI is InChI=1S/C16H21NO5/c1-21-14-8-6-11(13(18)7-9-16(19)17-20)10-15(14)22-12-4-2-3-5-12/h6,8,10,12,20H,2-5,7,9H2,1H3,(H,17,19). The molecule has 6 heteroatoms. The maximum absolute atomic E-state index is 12.1. The molecule has 2 N–H and O–H groups in total. The van der Waals surface area contributed by atoms with Crippen molar-refractivity contribution in [1.82, 2.24) is 5.48 Å². The third-order valence-electron chi connectivity index (χ3n) is 3.79. The van der Waals surface area contributed by atoms with Gasteiger partial charge in [-0.05, 0) is 43.9 Å². The van der Waals surface area contributed by atoms with Crippen molar-refractivity contribution in [2.75, 3.05) is 7.11 Å². The van der Waals surface area contributed by atoms with Gasteiger partial charge < -0.3 is 9.47 Å². The van der Waals surface area contributed by atoms with Crippen molar-refractivity contribution in [2.45, 2.75) is 44.6 Å². The van der Waals surface area contributed by atoms with Gasteiger partial charge in [-0.1, -0.05) is 0 Å². The Labute approximate surface area is 129 Å². The Morgan fingerprint density at radius 3 is 2.59 bits per heavy atom. The van der Waals surface area contributed by atoms with Crippen LogP contribution in [0.3, 0.4) is 0 Å². The van der Waals surface area contributed by atoms with Crippen LogP contribution in [0.1, 0.15) is 48.9 Å². The minimum absolute atomic E-state index is 0.0294. The van der Waals surface area contributed by atoms with Crippen LogP contribution in [-0.2, 0) is 4.79 Å². The summed E-state index contributed by atoms with van der Waals surface area (Å²) in [7, 11) is 1.56. The summed E-state index contributed by atoms with van der Waals surface area (Å²) in [5.41, 5.74) is 1.99. The van der Waals surface area contributed by atoms with Gasteiger partial charge in [0.05, 0.1) is 13.2 Å². The summed E-state index contributed by atoms with van der Waals surface area (Å²) in [5, 5.41) is 8.44. The minimum atomic E-state index is -0.579. The van der Waals surface area contributed by atoms with Crippen molar-refractivity contribution in [3.63, 3.8) is 0 Å². The number of hydrogen-bond acceptors (Lipinski definition) is 5. The summed E-state index contributed by atoms with van der Waals surface area (Å²) >= 11 is 0. The topological polar surface area (TPSA) is 84.9 Å². The predicted octanol–water partition coefficient (Wildman–Crippen LogP) is 2.48. The molecule has 0 aromatic heterocycles. The van der Waals surface area contributed by atoms with Crippen LogP contribution < -0.4 is 15.0 Å². The highest BCUT2D eigenvalue weighted by Crippen LogP contribution is 2.32. The first-order valence-corrected chi connectivity index (χ1v) is 7.45. The molecule has 1 aliphatic carbocycles. The van der Waals surface area contributed by atoms with Crippen LogP contribution in [0.4, 0.5) is 0 Å². The second kappa shape index (κ2) is 7.79. The number of carbonyl (C=O) groups excluding carboxylic acids is 2. The summed E-state index contributed by atoms with van der Waals surface area (Å²) in [5.74, 6) is 0.398. The summed E-state index contributed by atoms with van der Waals surface area (Å²) in [6.45, 7) is 0. The van der Waals surface area contributed by atoms with Crippen LogP contribution in [0.2, 0.25) is 0 Å². The van der Waals surface area contributed by atoms with E-state index in [2.05, 4.69) is 0 Å². The van der Waals surface area contributed by atoms with Gasteiger partial charge in [0.1, 0.15) is 0 Å². The molecule has 1 aromatic carbocycles. The summed E-state index contributed by atoms with van der Waals surface area (Å²) < 4.78 is 11.2. The van der Waals surface area contributed by atoms with Crippen LogP contribution in [0.15, 0.2) is 18.2 Å². The van der Waals surface area contributed by atoms with Crippen LogP contribution in [0.5, 0.6) is 11.5 Å². The Morgan fingerprint density at radius 2 is 1.95 bits per heavy atom. The maximum atomic E-state index is 12.1. The molecule has 22 heavy (non-hydrogen) atoms. The molecule has 6 nitrogen and oxygen atoms in total. The van der Waals surface area contributed by atoms with E-state index in [-0.39, 0.29) is 24.7 Å². The molecular formula is C16H21NO5. The number of hydroxylamine groups is 1. The van der Waals surface area contributed by atoms with Crippen molar-refractivity contribution in [1.29, 1.82) is 0 Å². The molecule has 0 aliphatic heterocycles. The molecule has 1 amide bonds. The van der Waals surface area contributed by atoms with Gasteiger partial charge in [0.25, 0.3) is 0 Å². The zero-order chi connectivity index (χ0) is 15.9. The largest absolute Gasteiger partial charge is 0.493 e. The number of benzene rings is 1. The number of nitrogens with one attached hydrogen (secondary N) is 1. The Morgan fingerprint density at radius 1 is 1.23 bits per heavy atom. The normalized spacial score (nSPS) is 14.6. The lowest BCUT2D eigenvalue weighted by Crippen LogP contribution is -2.19. The molecule has 0 heterocycles. The number of rotatable bonds is 7. The van der Waals surface area contributed by atoms with E-state index < -0.39 is 5.91 Å². The fourth-order valence-corrected chi connectivity index (χ4v) is 2.56. The van der Waals surface area contributed by atoms with Crippen molar-refractivity contribution in [2.24, 2.45) is 0 Å². The third-order valence-corrected chi connectivity index (χ3v) is 3.79. The molecule has 0 radical (unpaired) electrons. The zero-order valence-corrected chi connectivity index (χ0v) is 12.6. The molecule has 2 rings (SSSR count). The fourth-order valence-electron chi connectivity index (χ4n) is 2.56. The lowest BCUT2D eigenvalue weighted by Gasteiger charge is -2.16. The Balaban J connectivity index is 2.08. The van der Waals surface area contributed by atoms with E-state index in [0.717, 1.165) is 25.7 Å². The van der Waals surface area contributed by atoms with E-state index in [9.17, 15) is 9.59 Å². The first-order valence-electron chi connectivity index (χ1n) is 7.45. The number of ketones is 1. The average molecular weight is 307 g/mol. The molecule has 0 spiro atoms. The van der Waals surface area contributed by atoms with Gasteiger partial charge in [-0.2, -0.15) is 0 Å². The number of methoxy groups -OCH3 is 1. The zero-order valence-electron chi connectivity index (χ0n) is 12.6. The fraction of sp³-hybridized carbons (Fsp3) is 0.500. The summed E-state index contributed by atoms with van der Waals surface area (Å²) in [6.07, 6.45) is 4.47. The summed E-state index contributed by atoms with van der Waals surface area (Å²) in [4.78, 5) is 23.1. The molecule has 0 bridgehead atoms. The van der Waals surface area contributed by atoms with E-state index in [4.69, 9.17) is 14.7 Å². The number of Topliss-reactive ketones (excluding diaryl/α,β-unsaturated/α-hetero) is 1. The first-order chi connectivity index (χ1) is 10.6. The van der Waals surface area contributed by atoms with Crippen molar-refractivity contribution < 1.29 is 24.3 Å². The van der Waals surface area contributed by atoms with E-state index in [1.807, 2.05) is 0 Å². The van der Waals surface area contributed by atoms with Crippen molar-refractivity contribution >= 4 is 11.7 Å². The molecular weight excluding hydrogens is 286 g/mol. The first kappa shape index (κ1) is 16.3. The second-order valence-corrected chi connectivity index (χ2v) is 5.35. The monoisotopic (exact) mass is 307 g/mol. The van der Waals surface area contributed by atoms with Crippen molar-refractivity contribution in [3.05, 3.63) is 23.8 Å². The lowest BCUT2D eigenvalue weighted by molar-refractivity contribution is -0.129. The molecule has 0 atom stereocenters. The van der Waals surface area contributed by atoms with E-state index in [1.165, 1.54) is 5.48 Å². The maximum Gasteiger partial charge on any atom is 0.243 e. The Kier molecular flexibility index (Phi) is 5.77. The highest BCUT2D eigenvalue weighted by atomic mass is 16.5. The van der Waals surface area contributed by atoms with Gasteiger partial charge >= 0.3 is 0 Å². The number of amides is 1. The SMILES string of the molecule is COc1ccc(C(=O)CCC(=O)NO)cc1OC1CCCC1. The molecule has 1 fully saturated rings. The molecule has 0 unspecified atom stereocenters. The van der Waals surface area contributed by atoms with Crippen LogP contribution >= 0.6 is 0 Å². The number of ether oxygens (including phenoxy) is 2. The average Bonchev–Trinajstić information content (AvgIpc) is 3.05. The molecule has 1 aliphatic rings. The van der Waals surface area contributed by atoms with Gasteiger partial charge in [-0.15, -0.1) is 0 Å². The number of carbonyl (C=O) groups is 2. The molecule has 1 aromatic rings.